The van der Waals surface area contributed by atoms with E-state index in [0.717, 1.165) is 0 Å². The fourth-order valence-corrected chi connectivity index (χ4v) is 2.76. The van der Waals surface area contributed by atoms with Crippen molar-refractivity contribution in [3.8, 4) is 23.0 Å². The third-order valence-electron chi connectivity index (χ3n) is 3.22. The summed E-state index contributed by atoms with van der Waals surface area (Å²) in [4.78, 5) is 20.6. The number of para-hydroxylation sites is 1. The molecular weight excluding hydrogens is 328 g/mol. The molecule has 0 bridgehead atoms. The minimum Gasteiger partial charge on any atom is -0.507 e. The predicted octanol–water partition coefficient (Wildman–Crippen LogP) is 2.56. The second kappa shape index (κ2) is 7.14. The van der Waals surface area contributed by atoms with Crippen molar-refractivity contribution in [2.45, 2.75) is 5.16 Å². The second-order valence-corrected chi connectivity index (χ2v) is 5.70. The van der Waals surface area contributed by atoms with Crippen LogP contribution in [0.15, 0.2) is 47.8 Å². The number of H-pyrrole nitrogens is 1. The molecule has 1 aromatic carbocycles. The Hall–Kier alpha value is -2.87. The number of rotatable bonds is 6. The summed E-state index contributed by atoms with van der Waals surface area (Å²) >= 11 is 1.20. The highest BCUT2D eigenvalue weighted by Gasteiger charge is 2.15. The molecule has 0 aliphatic carbocycles. The molecule has 0 radical (unpaired) electrons. The molecule has 0 saturated heterocycles. The van der Waals surface area contributed by atoms with E-state index in [9.17, 15) is 9.90 Å². The second-order valence-electron chi connectivity index (χ2n) is 4.76. The summed E-state index contributed by atoms with van der Waals surface area (Å²) < 4.78 is 5.09. The SMILES string of the molecule is COc1ncccc1C(=O)CSc1n[nH]c(-c2ccccc2O)n1. The van der Waals surface area contributed by atoms with Crippen LogP contribution in [-0.2, 0) is 0 Å². The smallest absolute Gasteiger partial charge is 0.224 e. The molecule has 2 N–H and O–H groups in total. The summed E-state index contributed by atoms with van der Waals surface area (Å²) in [7, 11) is 1.47. The van der Waals surface area contributed by atoms with E-state index in [4.69, 9.17) is 4.74 Å². The number of Topliss-reactive ketones (excluding diaryl/α,β-unsaturated/α-hetero) is 1. The molecule has 0 spiro atoms. The summed E-state index contributed by atoms with van der Waals surface area (Å²) in [5, 5.41) is 17.1. The molecule has 0 amide bonds. The van der Waals surface area contributed by atoms with Crippen LogP contribution in [0.3, 0.4) is 0 Å². The molecule has 0 aliphatic heterocycles. The number of benzene rings is 1. The van der Waals surface area contributed by atoms with Crippen molar-refractivity contribution in [1.29, 1.82) is 0 Å². The number of aromatic amines is 1. The van der Waals surface area contributed by atoms with Gasteiger partial charge in [0.1, 0.15) is 5.75 Å². The summed E-state index contributed by atoms with van der Waals surface area (Å²) in [5.41, 5.74) is 0.973. The highest BCUT2D eigenvalue weighted by Crippen LogP contribution is 2.27. The van der Waals surface area contributed by atoms with E-state index in [1.165, 1.54) is 18.9 Å². The zero-order valence-corrected chi connectivity index (χ0v) is 13.6. The molecule has 3 aromatic rings. The maximum atomic E-state index is 12.3. The third kappa shape index (κ3) is 3.38. The maximum Gasteiger partial charge on any atom is 0.224 e. The maximum absolute atomic E-state index is 12.3. The zero-order valence-electron chi connectivity index (χ0n) is 12.8. The molecule has 0 fully saturated rings. The van der Waals surface area contributed by atoms with Crippen molar-refractivity contribution >= 4 is 17.5 Å². The molecule has 7 nitrogen and oxygen atoms in total. The number of ether oxygens (including phenoxy) is 1. The first-order chi connectivity index (χ1) is 11.7. The van der Waals surface area contributed by atoms with Crippen LogP contribution in [0.5, 0.6) is 11.6 Å². The van der Waals surface area contributed by atoms with Gasteiger partial charge in [-0.05, 0) is 24.3 Å². The van der Waals surface area contributed by atoms with Crippen molar-refractivity contribution in [1.82, 2.24) is 20.2 Å². The van der Waals surface area contributed by atoms with Gasteiger partial charge in [-0.15, -0.1) is 5.10 Å². The van der Waals surface area contributed by atoms with Crippen LogP contribution in [0.2, 0.25) is 0 Å². The van der Waals surface area contributed by atoms with Crippen LogP contribution in [-0.4, -0.2) is 43.9 Å². The zero-order chi connectivity index (χ0) is 16.9. The highest BCUT2D eigenvalue weighted by molar-refractivity contribution is 7.99. The number of carbonyl (C=O) groups is 1. The highest BCUT2D eigenvalue weighted by atomic mass is 32.2. The molecule has 2 heterocycles. The van der Waals surface area contributed by atoms with Crippen LogP contribution in [0, 0.1) is 0 Å². The van der Waals surface area contributed by atoms with E-state index in [0.29, 0.717) is 28.0 Å². The normalized spacial score (nSPS) is 10.5. The van der Waals surface area contributed by atoms with Crippen LogP contribution in [0.25, 0.3) is 11.4 Å². The quantitative estimate of drug-likeness (QED) is 0.524. The number of ketones is 1. The standard InChI is InChI=1S/C16H14N4O3S/c1-23-15-11(6-4-8-17-15)13(22)9-24-16-18-14(19-20-16)10-5-2-3-7-12(10)21/h2-8,21H,9H2,1H3,(H,18,19,20). The lowest BCUT2D eigenvalue weighted by Crippen LogP contribution is -2.06. The largest absolute Gasteiger partial charge is 0.507 e. The number of nitrogens with one attached hydrogen (secondary N) is 1. The van der Waals surface area contributed by atoms with Crippen LogP contribution in [0.4, 0.5) is 0 Å². The predicted molar refractivity (Wildman–Crippen MR) is 89.3 cm³/mol. The number of aromatic hydroxyl groups is 1. The molecule has 3 rings (SSSR count). The minimum atomic E-state index is -0.126. The Labute approximate surface area is 142 Å². The lowest BCUT2D eigenvalue weighted by Gasteiger charge is -2.04. The van der Waals surface area contributed by atoms with Crippen LogP contribution < -0.4 is 4.74 Å². The molecule has 0 atom stereocenters. The average Bonchev–Trinajstić information content (AvgIpc) is 3.08. The van der Waals surface area contributed by atoms with Crippen LogP contribution in [0.1, 0.15) is 10.4 Å². The Bertz CT molecular complexity index is 866. The Morgan fingerprint density at radius 3 is 2.92 bits per heavy atom. The van der Waals surface area contributed by atoms with Crippen molar-refractivity contribution in [2.75, 3.05) is 12.9 Å². The van der Waals surface area contributed by atoms with Gasteiger partial charge >= 0.3 is 0 Å². The van der Waals surface area contributed by atoms with Gasteiger partial charge in [-0.25, -0.2) is 9.97 Å². The first-order valence-electron chi connectivity index (χ1n) is 7.05. The van der Waals surface area contributed by atoms with Gasteiger partial charge in [0.15, 0.2) is 11.6 Å². The van der Waals surface area contributed by atoms with Crippen molar-refractivity contribution in [3.05, 3.63) is 48.2 Å². The number of aromatic nitrogens is 4. The fourth-order valence-electron chi connectivity index (χ4n) is 2.08. The van der Waals surface area contributed by atoms with Gasteiger partial charge in [-0.3, -0.25) is 9.89 Å². The van der Waals surface area contributed by atoms with Crippen molar-refractivity contribution in [2.24, 2.45) is 0 Å². The van der Waals surface area contributed by atoms with Gasteiger partial charge in [-0.1, -0.05) is 23.9 Å². The Morgan fingerprint density at radius 1 is 1.29 bits per heavy atom. The lowest BCUT2D eigenvalue weighted by atomic mass is 10.2. The van der Waals surface area contributed by atoms with E-state index in [-0.39, 0.29) is 17.3 Å². The van der Waals surface area contributed by atoms with Crippen molar-refractivity contribution in [3.63, 3.8) is 0 Å². The number of thioether (sulfide) groups is 1. The molecule has 2 aromatic heterocycles. The summed E-state index contributed by atoms with van der Waals surface area (Å²) in [5.74, 6) is 0.885. The number of pyridine rings is 1. The van der Waals surface area contributed by atoms with Gasteiger partial charge in [-0.2, -0.15) is 0 Å². The molecule has 0 aliphatic rings. The van der Waals surface area contributed by atoms with E-state index >= 15 is 0 Å². The first kappa shape index (κ1) is 16.0. The topological polar surface area (TPSA) is 101 Å². The Morgan fingerprint density at radius 2 is 2.12 bits per heavy atom. The summed E-state index contributed by atoms with van der Waals surface area (Å²) in [6, 6.07) is 10.2. The fraction of sp³-hybridized carbons (Fsp3) is 0.125. The van der Waals surface area contributed by atoms with Gasteiger partial charge in [0.05, 0.1) is 24.0 Å². The molecule has 0 unspecified atom stereocenters. The molecule has 122 valence electrons. The number of phenols is 1. The summed E-state index contributed by atoms with van der Waals surface area (Å²) in [6.45, 7) is 0. The molecule has 8 heteroatoms. The molecule has 24 heavy (non-hydrogen) atoms. The number of carbonyl (C=O) groups excluding carboxylic acids is 1. The van der Waals surface area contributed by atoms with Gasteiger partial charge < -0.3 is 9.84 Å². The number of phenolic OH excluding ortho intramolecular Hbond substituents is 1. The van der Waals surface area contributed by atoms with Gasteiger partial charge in [0.2, 0.25) is 11.0 Å². The summed E-state index contributed by atoms with van der Waals surface area (Å²) in [6.07, 6.45) is 1.57. The average molecular weight is 342 g/mol. The van der Waals surface area contributed by atoms with E-state index in [1.54, 1.807) is 42.6 Å². The molecular formula is C16H14N4O3S. The number of nitrogens with zero attached hydrogens (tertiary/aromatic N) is 3. The number of hydrogen-bond acceptors (Lipinski definition) is 7. The number of hydrogen-bond donors (Lipinski definition) is 2. The monoisotopic (exact) mass is 342 g/mol. The van der Waals surface area contributed by atoms with Gasteiger partial charge in [0, 0.05) is 6.20 Å². The Balaban J connectivity index is 1.70. The number of methoxy groups -OCH3 is 1. The van der Waals surface area contributed by atoms with E-state index in [2.05, 4.69) is 20.2 Å². The van der Waals surface area contributed by atoms with E-state index in [1.807, 2.05) is 0 Å². The Kier molecular flexibility index (Phi) is 4.76. The minimum absolute atomic E-state index is 0.112. The molecule has 0 saturated carbocycles. The third-order valence-corrected chi connectivity index (χ3v) is 4.07. The van der Waals surface area contributed by atoms with Crippen LogP contribution >= 0.6 is 11.8 Å². The first-order valence-corrected chi connectivity index (χ1v) is 8.03. The van der Waals surface area contributed by atoms with Crippen molar-refractivity contribution < 1.29 is 14.6 Å². The van der Waals surface area contributed by atoms with E-state index < -0.39 is 0 Å². The lowest BCUT2D eigenvalue weighted by molar-refractivity contribution is 0.101. The van der Waals surface area contributed by atoms with Gasteiger partial charge in [0.25, 0.3) is 0 Å².